The van der Waals surface area contributed by atoms with Crippen LogP contribution in [0, 0.1) is 0 Å². The Morgan fingerprint density at radius 3 is 1.21 bits per heavy atom. The second-order valence-electron chi connectivity index (χ2n) is 7.67. The van der Waals surface area contributed by atoms with Gasteiger partial charge in [-0.3, -0.25) is 9.59 Å². The van der Waals surface area contributed by atoms with Gasteiger partial charge in [0, 0.05) is 25.7 Å². The molecule has 2 heteroatoms. The molecule has 2 aromatic rings. The number of carbonyl (C=O) groups excluding carboxylic acids is 2. The predicted octanol–water partition coefficient (Wildman–Crippen LogP) is 6.51. The molecule has 0 aliphatic heterocycles. The van der Waals surface area contributed by atoms with Gasteiger partial charge in [0.15, 0.2) is 0 Å². The van der Waals surface area contributed by atoms with Crippen molar-refractivity contribution < 1.29 is 9.59 Å². The summed E-state index contributed by atoms with van der Waals surface area (Å²) in [5.41, 5.74) is 2.62. The van der Waals surface area contributed by atoms with Crippen LogP contribution in [-0.2, 0) is 22.4 Å². The Bertz CT molecular complexity index is 615. The Kier molecular flexibility index (Phi) is 10.9. The van der Waals surface area contributed by atoms with Crippen molar-refractivity contribution in [1.82, 2.24) is 0 Å². The van der Waals surface area contributed by atoms with E-state index in [4.69, 9.17) is 0 Å². The second kappa shape index (κ2) is 13.9. The van der Waals surface area contributed by atoms with E-state index in [0.717, 1.165) is 51.4 Å². The van der Waals surface area contributed by atoms with E-state index in [2.05, 4.69) is 24.3 Å². The number of hydrogen-bond donors (Lipinski definition) is 0. The summed E-state index contributed by atoms with van der Waals surface area (Å²) in [6.45, 7) is 0. The number of hydrogen-bond acceptors (Lipinski definition) is 2. The average Bonchev–Trinajstić information content (AvgIpc) is 2.72. The van der Waals surface area contributed by atoms with Crippen molar-refractivity contribution in [2.75, 3.05) is 0 Å². The highest BCUT2D eigenvalue weighted by Gasteiger charge is 2.04. The second-order valence-corrected chi connectivity index (χ2v) is 7.67. The van der Waals surface area contributed by atoms with Gasteiger partial charge in [-0.05, 0) is 49.7 Å². The van der Waals surface area contributed by atoms with Crippen molar-refractivity contribution in [3.8, 4) is 0 Å². The third kappa shape index (κ3) is 10.2. The number of unbranched alkanes of at least 4 members (excludes halogenated alkanes) is 3. The quantitative estimate of drug-likeness (QED) is 0.331. The van der Waals surface area contributed by atoms with Crippen molar-refractivity contribution in [2.45, 2.75) is 77.0 Å². The molecule has 0 bridgehead atoms. The van der Waals surface area contributed by atoms with Gasteiger partial charge < -0.3 is 0 Å². The topological polar surface area (TPSA) is 34.1 Å². The van der Waals surface area contributed by atoms with Crippen molar-refractivity contribution in [3.63, 3.8) is 0 Å². The van der Waals surface area contributed by atoms with E-state index in [9.17, 15) is 9.59 Å². The highest BCUT2D eigenvalue weighted by atomic mass is 16.1. The molecule has 0 aromatic heterocycles. The van der Waals surface area contributed by atoms with E-state index in [1.54, 1.807) is 0 Å². The lowest BCUT2D eigenvalue weighted by Crippen LogP contribution is -2.00. The molecule has 0 heterocycles. The molecule has 2 aromatic carbocycles. The Balaban J connectivity index is 1.40. The maximum atomic E-state index is 12.0. The van der Waals surface area contributed by atoms with E-state index in [-0.39, 0.29) is 0 Å². The number of carbonyl (C=O) groups is 2. The van der Waals surface area contributed by atoms with Crippen molar-refractivity contribution >= 4 is 11.6 Å². The van der Waals surface area contributed by atoms with Gasteiger partial charge in [-0.1, -0.05) is 73.5 Å². The zero-order valence-electron chi connectivity index (χ0n) is 17.1. The highest BCUT2D eigenvalue weighted by molar-refractivity contribution is 5.78. The van der Waals surface area contributed by atoms with Crippen LogP contribution < -0.4 is 0 Å². The molecule has 0 spiro atoms. The van der Waals surface area contributed by atoms with Gasteiger partial charge in [-0.25, -0.2) is 0 Å². The third-order valence-electron chi connectivity index (χ3n) is 5.19. The summed E-state index contributed by atoms with van der Waals surface area (Å²) in [6, 6.07) is 20.7. The summed E-state index contributed by atoms with van der Waals surface area (Å²) < 4.78 is 0. The van der Waals surface area contributed by atoms with Crippen LogP contribution >= 0.6 is 0 Å². The predicted molar refractivity (Wildman–Crippen MR) is 116 cm³/mol. The first kappa shape index (κ1) is 22.1. The standard InChI is InChI=1S/C26H34O2/c27-25(21-11-17-23-13-5-3-6-14-23)19-9-1-2-10-20-26(28)22-12-18-24-15-7-4-8-16-24/h3-8,13-16H,1-2,9-12,17-22H2. The van der Waals surface area contributed by atoms with Crippen LogP contribution in [-0.4, -0.2) is 11.6 Å². The van der Waals surface area contributed by atoms with Crippen LogP contribution in [0.1, 0.15) is 75.3 Å². The van der Waals surface area contributed by atoms with Crippen molar-refractivity contribution in [1.29, 1.82) is 0 Å². The van der Waals surface area contributed by atoms with Gasteiger partial charge in [0.2, 0.25) is 0 Å². The molecule has 0 amide bonds. The fourth-order valence-electron chi connectivity index (χ4n) is 3.52. The SMILES string of the molecule is O=C(CCCCCCC(=O)CCCc1ccccc1)CCCc1ccccc1. The molecule has 150 valence electrons. The van der Waals surface area contributed by atoms with Crippen LogP contribution in [0.5, 0.6) is 0 Å². The van der Waals surface area contributed by atoms with E-state index in [0.29, 0.717) is 37.2 Å². The fourth-order valence-corrected chi connectivity index (χ4v) is 3.52. The summed E-state index contributed by atoms with van der Waals surface area (Å²) in [5, 5.41) is 0. The summed E-state index contributed by atoms with van der Waals surface area (Å²) >= 11 is 0. The summed E-state index contributed by atoms with van der Waals surface area (Å²) in [5.74, 6) is 0.765. The van der Waals surface area contributed by atoms with Gasteiger partial charge in [-0.15, -0.1) is 0 Å². The van der Waals surface area contributed by atoms with Gasteiger partial charge in [0.25, 0.3) is 0 Å². The zero-order chi connectivity index (χ0) is 19.9. The molecule has 0 aliphatic rings. The van der Waals surface area contributed by atoms with E-state index < -0.39 is 0 Å². The fraction of sp³-hybridized carbons (Fsp3) is 0.462. The summed E-state index contributed by atoms with van der Waals surface area (Å²) in [7, 11) is 0. The Labute approximate surface area is 170 Å². The van der Waals surface area contributed by atoms with Crippen LogP contribution in [0.4, 0.5) is 0 Å². The van der Waals surface area contributed by atoms with Crippen LogP contribution in [0.15, 0.2) is 60.7 Å². The molecule has 0 fully saturated rings. The van der Waals surface area contributed by atoms with Gasteiger partial charge in [0.1, 0.15) is 11.6 Å². The molecule has 0 unspecified atom stereocenters. The largest absolute Gasteiger partial charge is 0.300 e. The normalized spacial score (nSPS) is 10.7. The molecule has 2 rings (SSSR count). The minimum Gasteiger partial charge on any atom is -0.300 e. The van der Waals surface area contributed by atoms with Crippen LogP contribution in [0.25, 0.3) is 0 Å². The molecule has 2 nitrogen and oxygen atoms in total. The van der Waals surface area contributed by atoms with Gasteiger partial charge >= 0.3 is 0 Å². The number of ketones is 2. The average molecular weight is 379 g/mol. The molecule has 0 N–H and O–H groups in total. The molecule has 0 saturated heterocycles. The Morgan fingerprint density at radius 1 is 0.464 bits per heavy atom. The van der Waals surface area contributed by atoms with Gasteiger partial charge in [-0.2, -0.15) is 0 Å². The van der Waals surface area contributed by atoms with Crippen molar-refractivity contribution in [3.05, 3.63) is 71.8 Å². The highest BCUT2D eigenvalue weighted by Crippen LogP contribution is 2.12. The summed E-state index contributed by atoms with van der Waals surface area (Å²) in [6.07, 6.45) is 10.7. The molecule has 0 saturated carbocycles. The number of aryl methyl sites for hydroxylation is 2. The monoisotopic (exact) mass is 378 g/mol. The first-order chi connectivity index (χ1) is 13.7. The van der Waals surface area contributed by atoms with E-state index in [1.807, 2.05) is 36.4 Å². The minimum absolute atomic E-state index is 0.382. The molecular weight excluding hydrogens is 344 g/mol. The van der Waals surface area contributed by atoms with E-state index in [1.165, 1.54) is 11.1 Å². The molecule has 28 heavy (non-hydrogen) atoms. The lowest BCUT2D eigenvalue weighted by Gasteiger charge is -2.04. The minimum atomic E-state index is 0.382. The van der Waals surface area contributed by atoms with Gasteiger partial charge in [0.05, 0.1) is 0 Å². The molecule has 0 radical (unpaired) electrons. The Morgan fingerprint density at radius 2 is 0.821 bits per heavy atom. The summed E-state index contributed by atoms with van der Waals surface area (Å²) in [4.78, 5) is 23.9. The first-order valence-corrected chi connectivity index (χ1v) is 10.9. The van der Waals surface area contributed by atoms with E-state index >= 15 is 0 Å². The maximum absolute atomic E-state index is 12.0. The molecule has 0 atom stereocenters. The Hall–Kier alpha value is -2.22. The molecular formula is C26H34O2. The number of benzene rings is 2. The molecule has 0 aliphatic carbocycles. The smallest absolute Gasteiger partial charge is 0.132 e. The lowest BCUT2D eigenvalue weighted by atomic mass is 10.0. The first-order valence-electron chi connectivity index (χ1n) is 10.9. The van der Waals surface area contributed by atoms with Crippen LogP contribution in [0.2, 0.25) is 0 Å². The van der Waals surface area contributed by atoms with Crippen molar-refractivity contribution in [2.24, 2.45) is 0 Å². The third-order valence-corrected chi connectivity index (χ3v) is 5.19. The lowest BCUT2D eigenvalue weighted by molar-refractivity contribution is -0.120. The van der Waals surface area contributed by atoms with Crippen LogP contribution in [0.3, 0.4) is 0 Å². The maximum Gasteiger partial charge on any atom is 0.132 e. The number of rotatable bonds is 15. The zero-order valence-corrected chi connectivity index (χ0v) is 17.1. The number of Topliss-reactive ketones (excluding diaryl/α,β-unsaturated/α-hetero) is 2.